The molecule has 0 unspecified atom stereocenters. The number of unbranched alkanes of at least 4 members (excludes halogenated alkanes) is 1. The molecule has 0 aliphatic heterocycles. The first-order valence-electron chi connectivity index (χ1n) is 4.36. The Hall–Kier alpha value is -1.09. The standard InChI is InChI=1S/C10H14O3/c1-12-8-9-5-7-13-10(9)4-2-3-6-11/h5-7H,2-4,8H2,1H3. The fourth-order valence-corrected chi connectivity index (χ4v) is 1.22. The summed E-state index contributed by atoms with van der Waals surface area (Å²) in [5, 5.41) is 0. The lowest BCUT2D eigenvalue weighted by Gasteiger charge is -1.99. The summed E-state index contributed by atoms with van der Waals surface area (Å²) in [6.07, 6.45) is 4.83. The lowest BCUT2D eigenvalue weighted by Crippen LogP contribution is -1.92. The van der Waals surface area contributed by atoms with Crippen molar-refractivity contribution >= 4 is 6.29 Å². The van der Waals surface area contributed by atoms with Crippen molar-refractivity contribution in [2.75, 3.05) is 7.11 Å². The Kier molecular flexibility index (Phi) is 4.26. The molecule has 0 amide bonds. The monoisotopic (exact) mass is 182 g/mol. The van der Waals surface area contributed by atoms with Crippen LogP contribution in [0.25, 0.3) is 0 Å². The number of hydrogen-bond donors (Lipinski definition) is 0. The van der Waals surface area contributed by atoms with Gasteiger partial charge in [-0.2, -0.15) is 0 Å². The van der Waals surface area contributed by atoms with Gasteiger partial charge in [0.05, 0.1) is 12.9 Å². The van der Waals surface area contributed by atoms with Crippen LogP contribution in [0.15, 0.2) is 16.7 Å². The van der Waals surface area contributed by atoms with Crippen LogP contribution in [0.4, 0.5) is 0 Å². The molecule has 0 bridgehead atoms. The molecular formula is C10H14O3. The minimum absolute atomic E-state index is 0.576. The van der Waals surface area contributed by atoms with Crippen LogP contribution in [0.3, 0.4) is 0 Å². The molecule has 0 aliphatic carbocycles. The Morgan fingerprint density at radius 1 is 1.62 bits per heavy atom. The third kappa shape index (κ3) is 3.03. The Bertz CT molecular complexity index is 252. The van der Waals surface area contributed by atoms with Crippen LogP contribution in [0.2, 0.25) is 0 Å². The molecule has 13 heavy (non-hydrogen) atoms. The molecule has 0 aliphatic rings. The summed E-state index contributed by atoms with van der Waals surface area (Å²) in [6.45, 7) is 0.576. The Balaban J connectivity index is 2.44. The lowest BCUT2D eigenvalue weighted by atomic mass is 10.1. The highest BCUT2D eigenvalue weighted by atomic mass is 16.5. The van der Waals surface area contributed by atoms with Gasteiger partial charge in [-0.3, -0.25) is 0 Å². The molecule has 1 aromatic rings. The van der Waals surface area contributed by atoms with E-state index >= 15 is 0 Å². The zero-order chi connectivity index (χ0) is 9.52. The maximum Gasteiger partial charge on any atom is 0.120 e. The molecule has 0 fully saturated rings. The summed E-state index contributed by atoms with van der Waals surface area (Å²) < 4.78 is 10.3. The number of aryl methyl sites for hydroxylation is 1. The molecule has 0 saturated carbocycles. The van der Waals surface area contributed by atoms with E-state index in [2.05, 4.69) is 0 Å². The second kappa shape index (κ2) is 5.54. The minimum Gasteiger partial charge on any atom is -0.469 e. The summed E-state index contributed by atoms with van der Waals surface area (Å²) in [6, 6.07) is 1.90. The molecule has 1 aromatic heterocycles. The third-order valence-corrected chi connectivity index (χ3v) is 1.86. The predicted molar refractivity (Wildman–Crippen MR) is 48.4 cm³/mol. The van der Waals surface area contributed by atoms with Gasteiger partial charge >= 0.3 is 0 Å². The van der Waals surface area contributed by atoms with Gasteiger partial charge in [-0.05, 0) is 12.5 Å². The number of carbonyl (C=O) groups is 1. The largest absolute Gasteiger partial charge is 0.469 e. The molecule has 0 spiro atoms. The highest BCUT2D eigenvalue weighted by Gasteiger charge is 2.04. The van der Waals surface area contributed by atoms with Gasteiger partial charge in [-0.15, -0.1) is 0 Å². The summed E-state index contributed by atoms with van der Waals surface area (Å²) in [7, 11) is 1.65. The van der Waals surface area contributed by atoms with E-state index in [0.29, 0.717) is 13.0 Å². The topological polar surface area (TPSA) is 39.4 Å². The molecule has 0 aromatic carbocycles. The Labute approximate surface area is 77.7 Å². The fraction of sp³-hybridized carbons (Fsp3) is 0.500. The van der Waals surface area contributed by atoms with Gasteiger partial charge in [-0.1, -0.05) is 0 Å². The maximum atomic E-state index is 10.1. The summed E-state index contributed by atoms with van der Waals surface area (Å²) in [5.74, 6) is 0.934. The number of methoxy groups -OCH3 is 1. The SMILES string of the molecule is COCc1ccoc1CCCC=O. The quantitative estimate of drug-likeness (QED) is 0.498. The predicted octanol–water partition coefficient (Wildman–Crippen LogP) is 1.95. The lowest BCUT2D eigenvalue weighted by molar-refractivity contribution is -0.107. The average Bonchev–Trinajstić information content (AvgIpc) is 2.54. The van der Waals surface area contributed by atoms with Crippen molar-refractivity contribution in [1.82, 2.24) is 0 Å². The summed E-state index contributed by atoms with van der Waals surface area (Å²) in [5.41, 5.74) is 1.08. The van der Waals surface area contributed by atoms with Crippen molar-refractivity contribution in [3.8, 4) is 0 Å². The minimum atomic E-state index is 0.576. The van der Waals surface area contributed by atoms with Gasteiger partial charge < -0.3 is 13.9 Å². The highest BCUT2D eigenvalue weighted by molar-refractivity contribution is 5.49. The Morgan fingerprint density at radius 2 is 2.46 bits per heavy atom. The molecule has 0 N–H and O–H groups in total. The van der Waals surface area contributed by atoms with Gasteiger partial charge in [0.15, 0.2) is 0 Å². The zero-order valence-electron chi connectivity index (χ0n) is 7.79. The maximum absolute atomic E-state index is 10.1. The molecule has 0 radical (unpaired) electrons. The van der Waals surface area contributed by atoms with E-state index in [4.69, 9.17) is 9.15 Å². The van der Waals surface area contributed by atoms with Gasteiger partial charge in [0, 0.05) is 25.5 Å². The molecule has 0 saturated heterocycles. The van der Waals surface area contributed by atoms with Crippen LogP contribution in [-0.4, -0.2) is 13.4 Å². The molecule has 0 atom stereocenters. The van der Waals surface area contributed by atoms with E-state index < -0.39 is 0 Å². The molecule has 72 valence electrons. The van der Waals surface area contributed by atoms with Crippen molar-refractivity contribution in [3.63, 3.8) is 0 Å². The van der Waals surface area contributed by atoms with Crippen molar-refractivity contribution in [1.29, 1.82) is 0 Å². The van der Waals surface area contributed by atoms with Crippen LogP contribution in [0, 0.1) is 0 Å². The average molecular weight is 182 g/mol. The number of carbonyl (C=O) groups excluding carboxylic acids is 1. The second-order valence-electron chi connectivity index (χ2n) is 2.86. The van der Waals surface area contributed by atoms with Crippen molar-refractivity contribution in [2.45, 2.75) is 25.9 Å². The highest BCUT2D eigenvalue weighted by Crippen LogP contribution is 2.13. The van der Waals surface area contributed by atoms with Crippen LogP contribution in [-0.2, 0) is 22.6 Å². The zero-order valence-corrected chi connectivity index (χ0v) is 7.79. The van der Waals surface area contributed by atoms with Crippen molar-refractivity contribution in [3.05, 3.63) is 23.7 Å². The van der Waals surface area contributed by atoms with Crippen LogP contribution in [0.5, 0.6) is 0 Å². The van der Waals surface area contributed by atoms with E-state index in [0.717, 1.165) is 30.5 Å². The second-order valence-corrected chi connectivity index (χ2v) is 2.86. The molecular weight excluding hydrogens is 168 g/mol. The molecule has 3 heteroatoms. The smallest absolute Gasteiger partial charge is 0.120 e. The number of furan rings is 1. The number of rotatable bonds is 6. The summed E-state index contributed by atoms with van der Waals surface area (Å²) >= 11 is 0. The van der Waals surface area contributed by atoms with Gasteiger partial charge in [0.25, 0.3) is 0 Å². The molecule has 3 nitrogen and oxygen atoms in total. The van der Waals surface area contributed by atoms with Gasteiger partial charge in [0.2, 0.25) is 0 Å². The van der Waals surface area contributed by atoms with E-state index in [-0.39, 0.29) is 0 Å². The molecule has 1 rings (SSSR count). The molecule has 1 heterocycles. The van der Waals surface area contributed by atoms with E-state index in [9.17, 15) is 4.79 Å². The first kappa shape index (κ1) is 9.99. The van der Waals surface area contributed by atoms with E-state index in [1.165, 1.54) is 0 Å². The number of ether oxygens (including phenoxy) is 1. The van der Waals surface area contributed by atoms with Crippen LogP contribution < -0.4 is 0 Å². The van der Waals surface area contributed by atoms with Crippen molar-refractivity contribution in [2.24, 2.45) is 0 Å². The first-order chi connectivity index (χ1) is 6.38. The fourth-order valence-electron chi connectivity index (χ4n) is 1.22. The van der Waals surface area contributed by atoms with Gasteiger partial charge in [-0.25, -0.2) is 0 Å². The van der Waals surface area contributed by atoms with Gasteiger partial charge in [0.1, 0.15) is 12.0 Å². The number of aldehydes is 1. The normalized spacial score (nSPS) is 10.2. The first-order valence-corrected chi connectivity index (χ1v) is 4.36. The Morgan fingerprint density at radius 3 is 3.15 bits per heavy atom. The van der Waals surface area contributed by atoms with E-state index in [1.54, 1.807) is 13.4 Å². The third-order valence-electron chi connectivity index (χ3n) is 1.86. The summed E-state index contributed by atoms with van der Waals surface area (Å²) in [4.78, 5) is 10.1. The van der Waals surface area contributed by atoms with Crippen LogP contribution in [0.1, 0.15) is 24.2 Å². The van der Waals surface area contributed by atoms with Crippen LogP contribution >= 0.6 is 0 Å². The van der Waals surface area contributed by atoms with E-state index in [1.807, 2.05) is 6.07 Å². The number of hydrogen-bond acceptors (Lipinski definition) is 3. The van der Waals surface area contributed by atoms with Crippen molar-refractivity contribution < 1.29 is 13.9 Å².